The van der Waals surface area contributed by atoms with Gasteiger partial charge >= 0.3 is 0 Å². The van der Waals surface area contributed by atoms with Crippen LogP contribution >= 0.6 is 0 Å². The van der Waals surface area contributed by atoms with Gasteiger partial charge in [-0.3, -0.25) is 9.59 Å². The minimum absolute atomic E-state index is 0.0315. The molecule has 0 fully saturated rings. The molecule has 1 aromatic heterocycles. The largest absolute Gasteiger partial charge is 0.361 e. The zero-order valence-electron chi connectivity index (χ0n) is 12.1. The van der Waals surface area contributed by atoms with Crippen molar-refractivity contribution in [3.05, 3.63) is 30.5 Å². The molecule has 1 aromatic carbocycles. The lowest BCUT2D eigenvalue weighted by atomic mass is 10.1. The Morgan fingerprint density at radius 3 is 2.76 bits per heavy atom. The van der Waals surface area contributed by atoms with Gasteiger partial charge in [-0.15, -0.1) is 0 Å². The van der Waals surface area contributed by atoms with Crippen LogP contribution in [0.4, 0.5) is 5.69 Å². The van der Waals surface area contributed by atoms with Gasteiger partial charge in [-0.2, -0.15) is 0 Å². The van der Waals surface area contributed by atoms with E-state index in [2.05, 4.69) is 15.6 Å². The summed E-state index contributed by atoms with van der Waals surface area (Å²) in [4.78, 5) is 26.6. The molecule has 5 N–H and O–H groups in total. The molecule has 2 rings (SSSR count). The zero-order chi connectivity index (χ0) is 15.4. The van der Waals surface area contributed by atoms with Gasteiger partial charge in [0.25, 0.3) is 0 Å². The molecule has 112 valence electrons. The first-order valence-electron chi connectivity index (χ1n) is 6.87. The van der Waals surface area contributed by atoms with Crippen LogP contribution in [-0.4, -0.2) is 29.4 Å². The summed E-state index contributed by atoms with van der Waals surface area (Å²) in [5.74, 6) is -0.570. The Balaban J connectivity index is 1.88. The Morgan fingerprint density at radius 2 is 2.05 bits per heavy atom. The van der Waals surface area contributed by atoms with E-state index in [0.717, 1.165) is 10.9 Å². The number of nitrogens with two attached hydrogens (primary N) is 1. The van der Waals surface area contributed by atoms with E-state index in [1.165, 1.54) is 0 Å². The van der Waals surface area contributed by atoms with Gasteiger partial charge in [0.15, 0.2) is 0 Å². The number of carbonyl (C=O) groups excluding carboxylic acids is 2. The summed E-state index contributed by atoms with van der Waals surface area (Å²) in [5.41, 5.74) is 7.40. The van der Waals surface area contributed by atoms with Gasteiger partial charge in [0.05, 0.1) is 12.6 Å². The summed E-state index contributed by atoms with van der Waals surface area (Å²) in [6, 6.07) is 6.88. The van der Waals surface area contributed by atoms with E-state index in [0.29, 0.717) is 5.69 Å². The van der Waals surface area contributed by atoms with E-state index in [-0.39, 0.29) is 24.3 Å². The number of carbonyl (C=O) groups is 2. The van der Waals surface area contributed by atoms with Gasteiger partial charge in [-0.05, 0) is 30.2 Å². The molecule has 0 saturated carbocycles. The number of hydrogen-bond acceptors (Lipinski definition) is 3. The lowest BCUT2D eigenvalue weighted by Gasteiger charge is -2.15. The Kier molecular flexibility index (Phi) is 4.59. The molecule has 2 aromatic rings. The summed E-state index contributed by atoms with van der Waals surface area (Å²) in [7, 11) is 0. The third-order valence-electron chi connectivity index (χ3n) is 3.28. The number of aromatic amines is 1. The molecule has 2 amide bonds. The number of rotatable bonds is 5. The molecule has 0 aliphatic carbocycles. The van der Waals surface area contributed by atoms with Crippen LogP contribution in [0, 0.1) is 5.92 Å². The molecule has 6 heteroatoms. The first kappa shape index (κ1) is 15.1. The van der Waals surface area contributed by atoms with Crippen molar-refractivity contribution in [2.24, 2.45) is 11.7 Å². The number of fused-ring (bicyclic) bond motifs is 1. The fourth-order valence-electron chi connectivity index (χ4n) is 1.92. The Labute approximate surface area is 123 Å². The molecule has 0 aliphatic rings. The van der Waals surface area contributed by atoms with Crippen LogP contribution < -0.4 is 16.4 Å². The monoisotopic (exact) mass is 288 g/mol. The molecule has 0 aliphatic heterocycles. The van der Waals surface area contributed by atoms with Crippen molar-refractivity contribution in [1.29, 1.82) is 0 Å². The minimum Gasteiger partial charge on any atom is -0.361 e. The third kappa shape index (κ3) is 3.82. The maximum atomic E-state index is 11.8. The Morgan fingerprint density at radius 1 is 1.29 bits per heavy atom. The molecule has 6 nitrogen and oxygen atoms in total. The van der Waals surface area contributed by atoms with Crippen LogP contribution in [0.1, 0.15) is 13.8 Å². The van der Waals surface area contributed by atoms with Crippen LogP contribution in [0.3, 0.4) is 0 Å². The average molecular weight is 288 g/mol. The lowest BCUT2D eigenvalue weighted by Crippen LogP contribution is -2.46. The van der Waals surface area contributed by atoms with Crippen LogP contribution in [0.5, 0.6) is 0 Å². The lowest BCUT2D eigenvalue weighted by molar-refractivity contribution is -0.125. The van der Waals surface area contributed by atoms with E-state index in [1.807, 2.05) is 38.2 Å². The van der Waals surface area contributed by atoms with Gasteiger partial charge < -0.3 is 21.4 Å². The zero-order valence-corrected chi connectivity index (χ0v) is 12.1. The fourth-order valence-corrected chi connectivity index (χ4v) is 1.92. The number of amides is 2. The number of hydrogen-bond donors (Lipinski definition) is 4. The first-order valence-corrected chi connectivity index (χ1v) is 6.87. The summed E-state index contributed by atoms with van der Waals surface area (Å²) in [6.07, 6.45) is 1.84. The highest BCUT2D eigenvalue weighted by Crippen LogP contribution is 2.17. The molecule has 0 spiro atoms. The van der Waals surface area contributed by atoms with E-state index in [9.17, 15) is 9.59 Å². The Hall–Kier alpha value is -2.34. The highest BCUT2D eigenvalue weighted by atomic mass is 16.2. The SMILES string of the molecule is CC(C)[C@H](N)C(=O)NCC(=O)Nc1ccc2[nH]ccc2c1. The van der Waals surface area contributed by atoms with Gasteiger partial charge in [-0.25, -0.2) is 0 Å². The number of benzene rings is 1. The van der Waals surface area contributed by atoms with Gasteiger partial charge in [-0.1, -0.05) is 13.8 Å². The van der Waals surface area contributed by atoms with Crippen LogP contribution in [0.25, 0.3) is 10.9 Å². The smallest absolute Gasteiger partial charge is 0.243 e. The number of anilines is 1. The van der Waals surface area contributed by atoms with Gasteiger partial charge in [0.1, 0.15) is 0 Å². The summed E-state index contributed by atoms with van der Waals surface area (Å²) >= 11 is 0. The first-order chi connectivity index (χ1) is 9.97. The van der Waals surface area contributed by atoms with Gasteiger partial charge in [0, 0.05) is 22.8 Å². The number of nitrogens with one attached hydrogen (secondary N) is 3. The standard InChI is InChI=1S/C15H20N4O2/c1-9(2)14(16)15(21)18-8-13(20)19-11-3-4-12-10(7-11)5-6-17-12/h3-7,9,14,17H,8,16H2,1-2H3,(H,18,21)(H,19,20)/t14-/m0/s1. The normalized spacial score (nSPS) is 12.4. The second-order valence-corrected chi connectivity index (χ2v) is 5.32. The molecule has 0 radical (unpaired) electrons. The predicted molar refractivity (Wildman–Crippen MR) is 82.8 cm³/mol. The van der Waals surface area contributed by atoms with Crippen LogP contribution in [0.2, 0.25) is 0 Å². The summed E-state index contributed by atoms with van der Waals surface area (Å²) in [6.45, 7) is 3.62. The topological polar surface area (TPSA) is 100 Å². The Bertz CT molecular complexity index is 648. The van der Waals surface area contributed by atoms with E-state index in [1.54, 1.807) is 6.07 Å². The van der Waals surface area contributed by atoms with Crippen molar-refractivity contribution in [3.63, 3.8) is 0 Å². The highest BCUT2D eigenvalue weighted by molar-refractivity contribution is 5.97. The summed E-state index contributed by atoms with van der Waals surface area (Å²) in [5, 5.41) is 6.29. The van der Waals surface area contributed by atoms with Crippen LogP contribution in [-0.2, 0) is 9.59 Å². The average Bonchev–Trinajstić information content (AvgIpc) is 2.91. The molecular weight excluding hydrogens is 268 g/mol. The van der Waals surface area contributed by atoms with E-state index < -0.39 is 6.04 Å². The molecule has 1 atom stereocenters. The predicted octanol–water partition coefficient (Wildman–Crippen LogP) is 1.21. The maximum Gasteiger partial charge on any atom is 0.243 e. The van der Waals surface area contributed by atoms with Crippen LogP contribution in [0.15, 0.2) is 30.5 Å². The summed E-state index contributed by atoms with van der Waals surface area (Å²) < 4.78 is 0. The maximum absolute atomic E-state index is 11.8. The molecule has 21 heavy (non-hydrogen) atoms. The van der Waals surface area contributed by atoms with Crippen molar-refractivity contribution in [3.8, 4) is 0 Å². The quantitative estimate of drug-likeness (QED) is 0.665. The van der Waals surface area contributed by atoms with Crippen molar-refractivity contribution < 1.29 is 9.59 Å². The van der Waals surface area contributed by atoms with Crippen molar-refractivity contribution in [2.75, 3.05) is 11.9 Å². The number of aromatic nitrogens is 1. The van der Waals surface area contributed by atoms with Crippen molar-refractivity contribution >= 4 is 28.4 Å². The van der Waals surface area contributed by atoms with E-state index >= 15 is 0 Å². The minimum atomic E-state index is -0.603. The van der Waals surface area contributed by atoms with Crippen molar-refractivity contribution in [1.82, 2.24) is 10.3 Å². The highest BCUT2D eigenvalue weighted by Gasteiger charge is 2.17. The van der Waals surface area contributed by atoms with E-state index in [4.69, 9.17) is 5.73 Å². The molecule has 0 saturated heterocycles. The fraction of sp³-hybridized carbons (Fsp3) is 0.333. The molecule has 0 unspecified atom stereocenters. The second kappa shape index (κ2) is 6.41. The van der Waals surface area contributed by atoms with Gasteiger partial charge in [0.2, 0.25) is 11.8 Å². The molecule has 1 heterocycles. The molecular formula is C15H20N4O2. The molecule has 0 bridgehead atoms. The number of H-pyrrole nitrogens is 1. The second-order valence-electron chi connectivity index (χ2n) is 5.32. The van der Waals surface area contributed by atoms with Crippen molar-refractivity contribution in [2.45, 2.75) is 19.9 Å². The third-order valence-corrected chi connectivity index (χ3v) is 3.28.